The molecular formula is C18H34N2O4. The highest BCUT2D eigenvalue weighted by atomic mass is 16.6. The van der Waals surface area contributed by atoms with Crippen LogP contribution in [0.3, 0.4) is 0 Å². The van der Waals surface area contributed by atoms with Crippen molar-refractivity contribution in [1.29, 1.82) is 0 Å². The second-order valence-corrected chi connectivity index (χ2v) is 6.70. The summed E-state index contributed by atoms with van der Waals surface area (Å²) in [5.74, 6) is 0. The van der Waals surface area contributed by atoms with Gasteiger partial charge in [0.25, 0.3) is 0 Å². The molecule has 1 rings (SSSR count). The van der Waals surface area contributed by atoms with Crippen LogP contribution in [0.15, 0.2) is 12.3 Å². The maximum Gasteiger partial charge on any atom is 0.407 e. The Morgan fingerprint density at radius 3 is 2.04 bits per heavy atom. The predicted molar refractivity (Wildman–Crippen MR) is 97.4 cm³/mol. The first-order chi connectivity index (χ1) is 11.0. The van der Waals surface area contributed by atoms with Crippen LogP contribution in [0.1, 0.15) is 71.4 Å². The summed E-state index contributed by atoms with van der Waals surface area (Å²) in [6.45, 7) is 15.7. The van der Waals surface area contributed by atoms with Crippen LogP contribution in [0.25, 0.3) is 0 Å². The first-order valence-corrected chi connectivity index (χ1v) is 8.12. The number of aromatic nitrogens is 1. The molecule has 0 fully saturated rings. The van der Waals surface area contributed by atoms with Crippen molar-refractivity contribution in [2.24, 2.45) is 0 Å². The predicted octanol–water partition coefficient (Wildman–Crippen LogP) is 4.31. The zero-order chi connectivity index (χ0) is 19.4. The number of nitrogens with one attached hydrogen (secondary N) is 2. The molecule has 1 aromatic heterocycles. The molecule has 6 nitrogen and oxygen atoms in total. The Morgan fingerprint density at radius 2 is 1.67 bits per heavy atom. The van der Waals surface area contributed by atoms with E-state index in [1.807, 2.05) is 34.6 Å². The van der Waals surface area contributed by atoms with Gasteiger partial charge in [0.2, 0.25) is 0 Å². The molecule has 0 spiro atoms. The topological polar surface area (TPSA) is 80.4 Å². The monoisotopic (exact) mass is 342 g/mol. The fourth-order valence-electron chi connectivity index (χ4n) is 1.15. The van der Waals surface area contributed by atoms with Crippen LogP contribution in [-0.2, 0) is 16.0 Å². The minimum atomic E-state index is -0.521. The van der Waals surface area contributed by atoms with Crippen molar-refractivity contribution in [1.82, 2.24) is 10.3 Å². The summed E-state index contributed by atoms with van der Waals surface area (Å²) < 4.78 is 9.99. The third-order valence-corrected chi connectivity index (χ3v) is 2.42. The Bertz CT molecular complexity index is 468. The van der Waals surface area contributed by atoms with E-state index in [1.54, 1.807) is 40.1 Å². The zero-order valence-corrected chi connectivity index (χ0v) is 16.6. The number of H-pyrrole nitrogens is 1. The summed E-state index contributed by atoms with van der Waals surface area (Å²) >= 11 is 0. The fourth-order valence-corrected chi connectivity index (χ4v) is 1.15. The molecular weight excluding hydrogens is 308 g/mol. The van der Waals surface area contributed by atoms with Crippen LogP contribution in [-0.4, -0.2) is 35.7 Å². The average Bonchev–Trinajstić information content (AvgIpc) is 2.93. The van der Waals surface area contributed by atoms with E-state index in [0.717, 1.165) is 6.29 Å². The number of hydrogen-bond donors (Lipinski definition) is 2. The van der Waals surface area contributed by atoms with Gasteiger partial charge >= 0.3 is 6.09 Å². The van der Waals surface area contributed by atoms with Gasteiger partial charge in [0.15, 0.2) is 6.29 Å². The summed E-state index contributed by atoms with van der Waals surface area (Å²) in [7, 11) is 1.71. The second-order valence-electron chi connectivity index (χ2n) is 6.70. The number of aldehydes is 1. The third kappa shape index (κ3) is 13.8. The minimum Gasteiger partial charge on any atom is -0.444 e. The molecule has 0 bridgehead atoms. The Morgan fingerprint density at radius 1 is 1.17 bits per heavy atom. The van der Waals surface area contributed by atoms with Gasteiger partial charge in [-0.2, -0.15) is 0 Å². The number of aromatic amines is 1. The second kappa shape index (κ2) is 11.7. The Balaban J connectivity index is 0. The van der Waals surface area contributed by atoms with E-state index in [1.165, 1.54) is 0 Å². The largest absolute Gasteiger partial charge is 0.444 e. The molecule has 2 N–H and O–H groups in total. The normalized spacial score (nSPS) is 10.5. The average molecular weight is 342 g/mol. The Labute approximate surface area is 146 Å². The van der Waals surface area contributed by atoms with Crippen molar-refractivity contribution in [3.8, 4) is 0 Å². The first kappa shape index (κ1) is 24.4. The van der Waals surface area contributed by atoms with Crippen molar-refractivity contribution in [2.45, 2.75) is 73.1 Å². The highest BCUT2D eigenvalue weighted by Gasteiger charge is 2.16. The molecule has 1 aromatic rings. The lowest BCUT2D eigenvalue weighted by molar-refractivity contribution is 0.0397. The molecule has 140 valence electrons. The Kier molecular flexibility index (Phi) is 11.9. The van der Waals surface area contributed by atoms with Gasteiger partial charge in [-0.1, -0.05) is 13.8 Å². The van der Waals surface area contributed by atoms with Crippen LogP contribution < -0.4 is 5.32 Å². The first-order valence-electron chi connectivity index (χ1n) is 8.12. The smallest absolute Gasteiger partial charge is 0.407 e. The van der Waals surface area contributed by atoms with E-state index in [4.69, 9.17) is 9.47 Å². The van der Waals surface area contributed by atoms with Gasteiger partial charge in [0.1, 0.15) is 5.60 Å². The van der Waals surface area contributed by atoms with E-state index >= 15 is 0 Å². The molecule has 0 aliphatic heterocycles. The summed E-state index contributed by atoms with van der Waals surface area (Å²) in [5, 5.41) is 2.57. The van der Waals surface area contributed by atoms with E-state index in [0.29, 0.717) is 11.3 Å². The zero-order valence-electron chi connectivity index (χ0n) is 16.6. The molecule has 24 heavy (non-hydrogen) atoms. The number of amides is 1. The van der Waals surface area contributed by atoms with E-state index in [2.05, 4.69) is 10.3 Å². The van der Waals surface area contributed by atoms with Gasteiger partial charge in [-0.25, -0.2) is 4.79 Å². The molecule has 0 unspecified atom stereocenters. The van der Waals surface area contributed by atoms with Gasteiger partial charge in [0.05, 0.1) is 12.1 Å². The van der Waals surface area contributed by atoms with Crippen LogP contribution in [0.4, 0.5) is 4.79 Å². The SMILES string of the molecule is CC.CC(C)(C)OC(=O)NCc1[nH]ccc1C=O.COC(C)(C)C. The maximum atomic E-state index is 11.3. The molecule has 0 aliphatic rings. The highest BCUT2D eigenvalue weighted by molar-refractivity contribution is 5.77. The molecule has 1 heterocycles. The lowest BCUT2D eigenvalue weighted by Crippen LogP contribution is -2.32. The molecule has 0 saturated carbocycles. The summed E-state index contributed by atoms with van der Waals surface area (Å²) in [4.78, 5) is 24.8. The molecule has 0 aromatic carbocycles. The van der Waals surface area contributed by atoms with Crippen molar-refractivity contribution >= 4 is 12.4 Å². The lowest BCUT2D eigenvalue weighted by atomic mass is 10.2. The molecule has 0 saturated heterocycles. The summed E-state index contributed by atoms with van der Waals surface area (Å²) in [6, 6.07) is 1.65. The molecule has 0 aliphatic carbocycles. The van der Waals surface area contributed by atoms with Crippen LogP contribution in [0, 0.1) is 0 Å². The maximum absolute atomic E-state index is 11.3. The summed E-state index contributed by atoms with van der Waals surface area (Å²) in [6.07, 6.45) is 1.89. The van der Waals surface area contributed by atoms with E-state index in [9.17, 15) is 9.59 Å². The van der Waals surface area contributed by atoms with Crippen LogP contribution in [0.2, 0.25) is 0 Å². The minimum absolute atomic E-state index is 0.0417. The highest BCUT2D eigenvalue weighted by Crippen LogP contribution is 2.07. The number of alkyl carbamates (subject to hydrolysis) is 1. The van der Waals surface area contributed by atoms with E-state index in [-0.39, 0.29) is 12.1 Å². The van der Waals surface area contributed by atoms with Gasteiger partial charge < -0.3 is 19.8 Å². The van der Waals surface area contributed by atoms with Gasteiger partial charge in [-0.05, 0) is 47.6 Å². The lowest BCUT2D eigenvalue weighted by Gasteiger charge is -2.19. The van der Waals surface area contributed by atoms with Crippen molar-refractivity contribution in [3.63, 3.8) is 0 Å². The number of methoxy groups -OCH3 is 1. The van der Waals surface area contributed by atoms with Gasteiger partial charge in [-0.3, -0.25) is 4.79 Å². The van der Waals surface area contributed by atoms with Crippen LogP contribution in [0.5, 0.6) is 0 Å². The number of rotatable bonds is 3. The van der Waals surface area contributed by atoms with Crippen molar-refractivity contribution in [3.05, 3.63) is 23.5 Å². The van der Waals surface area contributed by atoms with Gasteiger partial charge in [0, 0.05) is 24.6 Å². The Hall–Kier alpha value is -1.82. The number of carbonyl (C=O) groups is 2. The molecule has 0 radical (unpaired) electrons. The standard InChI is InChI=1S/C11H16N2O3.C5H12O.C2H6/c1-11(2,3)16-10(15)13-6-9-8(7-14)4-5-12-9;1-5(2,3)6-4;1-2/h4-5,7,12H,6H2,1-3H3,(H,13,15);1-4H3;1-2H3. The number of carbonyl (C=O) groups excluding carboxylic acids is 2. The van der Waals surface area contributed by atoms with Gasteiger partial charge in [-0.15, -0.1) is 0 Å². The molecule has 0 atom stereocenters. The third-order valence-electron chi connectivity index (χ3n) is 2.42. The summed E-state index contributed by atoms with van der Waals surface area (Å²) in [5.41, 5.74) is 0.727. The fraction of sp³-hybridized carbons (Fsp3) is 0.667. The molecule has 6 heteroatoms. The van der Waals surface area contributed by atoms with Crippen LogP contribution >= 0.6 is 0 Å². The van der Waals surface area contributed by atoms with Crippen molar-refractivity contribution < 1.29 is 19.1 Å². The quantitative estimate of drug-likeness (QED) is 0.802. The molecule has 1 amide bonds. The number of ether oxygens (including phenoxy) is 2. The van der Waals surface area contributed by atoms with E-state index < -0.39 is 11.7 Å². The number of hydrogen-bond acceptors (Lipinski definition) is 4. The van der Waals surface area contributed by atoms with Crippen molar-refractivity contribution in [2.75, 3.05) is 7.11 Å².